The van der Waals surface area contributed by atoms with E-state index >= 15 is 0 Å². The molecule has 20 heavy (non-hydrogen) atoms. The number of hydrogen-bond donors (Lipinski definition) is 0. The van der Waals surface area contributed by atoms with Crippen molar-refractivity contribution in [2.24, 2.45) is 7.05 Å². The summed E-state index contributed by atoms with van der Waals surface area (Å²) < 4.78 is 4.23. The molecule has 4 aromatic rings. The molecule has 0 bridgehead atoms. The molecule has 0 fully saturated rings. The molecule has 3 heterocycles. The number of aromatic nitrogens is 4. The Balaban J connectivity index is 1.89. The number of fused-ring (bicyclic) bond motifs is 3. The Morgan fingerprint density at radius 1 is 1.05 bits per heavy atom. The lowest BCUT2D eigenvalue weighted by atomic mass is 10.2. The molecule has 3 aromatic heterocycles. The second-order valence-electron chi connectivity index (χ2n) is 5.01. The Bertz CT molecular complexity index is 887. The molecule has 1 aromatic carbocycles. The Labute approximate surface area is 116 Å². The van der Waals surface area contributed by atoms with Crippen molar-refractivity contribution in [2.45, 2.75) is 6.54 Å². The quantitative estimate of drug-likeness (QED) is 0.556. The van der Waals surface area contributed by atoms with Crippen LogP contribution in [0.3, 0.4) is 0 Å². The Hall–Kier alpha value is -2.62. The van der Waals surface area contributed by atoms with E-state index in [4.69, 9.17) is 0 Å². The maximum absolute atomic E-state index is 4.57. The lowest BCUT2D eigenvalue weighted by Gasteiger charge is -2.05. The molecule has 0 unspecified atom stereocenters. The molecule has 0 aliphatic heterocycles. The summed E-state index contributed by atoms with van der Waals surface area (Å²) >= 11 is 0. The van der Waals surface area contributed by atoms with Gasteiger partial charge in [-0.2, -0.15) is 0 Å². The van der Waals surface area contributed by atoms with Crippen LogP contribution in [0, 0.1) is 0 Å². The van der Waals surface area contributed by atoms with Crippen LogP contribution >= 0.6 is 0 Å². The van der Waals surface area contributed by atoms with Gasteiger partial charge in [-0.05, 0) is 11.6 Å². The van der Waals surface area contributed by atoms with Gasteiger partial charge in [0.15, 0.2) is 0 Å². The molecular formula is C16H14N4. The first-order valence-corrected chi connectivity index (χ1v) is 6.62. The standard InChI is InChI=1S/C16H14N4/c1-19-11-18-14-9-17-16-13(15(14)19)7-8-20(16)10-12-5-3-2-4-6-12/h2-9,11H,10H2,1H3. The molecular weight excluding hydrogens is 248 g/mol. The van der Waals surface area contributed by atoms with Gasteiger partial charge in [0.2, 0.25) is 0 Å². The van der Waals surface area contributed by atoms with Crippen molar-refractivity contribution in [1.29, 1.82) is 0 Å². The molecule has 0 atom stereocenters. The van der Waals surface area contributed by atoms with Gasteiger partial charge in [0.05, 0.1) is 18.0 Å². The van der Waals surface area contributed by atoms with E-state index in [2.05, 4.69) is 51.1 Å². The first-order chi connectivity index (χ1) is 9.83. The van der Waals surface area contributed by atoms with Crippen LogP contribution in [0.2, 0.25) is 0 Å². The van der Waals surface area contributed by atoms with E-state index in [1.165, 1.54) is 5.56 Å². The summed E-state index contributed by atoms with van der Waals surface area (Å²) in [4.78, 5) is 8.92. The number of aryl methyl sites for hydroxylation is 1. The topological polar surface area (TPSA) is 35.6 Å². The Morgan fingerprint density at radius 2 is 1.90 bits per heavy atom. The zero-order valence-electron chi connectivity index (χ0n) is 11.2. The van der Waals surface area contributed by atoms with Crippen molar-refractivity contribution >= 4 is 22.1 Å². The second-order valence-corrected chi connectivity index (χ2v) is 5.01. The number of hydrogen-bond acceptors (Lipinski definition) is 2. The predicted octanol–water partition coefficient (Wildman–Crippen LogP) is 2.97. The minimum Gasteiger partial charge on any atom is -0.333 e. The lowest BCUT2D eigenvalue weighted by molar-refractivity contribution is 0.825. The molecule has 4 rings (SSSR count). The first kappa shape index (κ1) is 11.2. The third-order valence-corrected chi connectivity index (χ3v) is 3.66. The monoisotopic (exact) mass is 262 g/mol. The minimum absolute atomic E-state index is 0.834. The van der Waals surface area contributed by atoms with Gasteiger partial charge in [-0.15, -0.1) is 0 Å². The molecule has 0 aliphatic carbocycles. The van der Waals surface area contributed by atoms with Crippen LogP contribution in [-0.4, -0.2) is 19.1 Å². The average molecular weight is 262 g/mol. The summed E-state index contributed by atoms with van der Waals surface area (Å²) in [6.45, 7) is 0.834. The van der Waals surface area contributed by atoms with E-state index < -0.39 is 0 Å². The SMILES string of the molecule is Cn1cnc2cnc3c(ccn3Cc3ccccc3)c21. The number of nitrogens with zero attached hydrogens (tertiary/aromatic N) is 4. The molecule has 98 valence electrons. The summed E-state index contributed by atoms with van der Waals surface area (Å²) in [5.41, 5.74) is 4.36. The highest BCUT2D eigenvalue weighted by atomic mass is 15.1. The smallest absolute Gasteiger partial charge is 0.142 e. The van der Waals surface area contributed by atoms with Crippen LogP contribution in [0.1, 0.15) is 5.56 Å². The number of pyridine rings is 1. The molecule has 0 saturated heterocycles. The zero-order chi connectivity index (χ0) is 13.5. The zero-order valence-corrected chi connectivity index (χ0v) is 11.2. The van der Waals surface area contributed by atoms with Crippen molar-refractivity contribution in [3.05, 3.63) is 60.7 Å². The van der Waals surface area contributed by atoms with Gasteiger partial charge in [0.25, 0.3) is 0 Å². The largest absolute Gasteiger partial charge is 0.333 e. The maximum atomic E-state index is 4.57. The van der Waals surface area contributed by atoms with Gasteiger partial charge in [0, 0.05) is 25.2 Å². The van der Waals surface area contributed by atoms with Crippen LogP contribution in [0.5, 0.6) is 0 Å². The van der Waals surface area contributed by atoms with Gasteiger partial charge in [-0.1, -0.05) is 30.3 Å². The predicted molar refractivity (Wildman–Crippen MR) is 79.5 cm³/mol. The van der Waals surface area contributed by atoms with Crippen molar-refractivity contribution in [1.82, 2.24) is 19.1 Å². The number of rotatable bonds is 2. The van der Waals surface area contributed by atoms with E-state index in [0.29, 0.717) is 0 Å². The summed E-state index contributed by atoms with van der Waals surface area (Å²) in [5, 5.41) is 1.15. The molecule has 0 aliphatic rings. The molecule has 4 heteroatoms. The fourth-order valence-electron chi connectivity index (χ4n) is 2.69. The van der Waals surface area contributed by atoms with Gasteiger partial charge in [0.1, 0.15) is 11.2 Å². The van der Waals surface area contributed by atoms with Crippen LogP contribution in [0.4, 0.5) is 0 Å². The molecule has 0 N–H and O–H groups in total. The van der Waals surface area contributed by atoms with Crippen LogP contribution in [0.25, 0.3) is 22.1 Å². The highest BCUT2D eigenvalue weighted by Gasteiger charge is 2.10. The Morgan fingerprint density at radius 3 is 2.75 bits per heavy atom. The third-order valence-electron chi connectivity index (χ3n) is 3.66. The summed E-state index contributed by atoms with van der Waals surface area (Å²) in [6, 6.07) is 12.5. The van der Waals surface area contributed by atoms with Crippen LogP contribution in [0.15, 0.2) is 55.1 Å². The van der Waals surface area contributed by atoms with Crippen LogP contribution in [-0.2, 0) is 13.6 Å². The molecule has 0 spiro atoms. The van der Waals surface area contributed by atoms with Crippen molar-refractivity contribution in [3.8, 4) is 0 Å². The van der Waals surface area contributed by atoms with Crippen molar-refractivity contribution < 1.29 is 0 Å². The van der Waals surface area contributed by atoms with Gasteiger partial charge in [-0.3, -0.25) is 0 Å². The molecule has 0 saturated carbocycles. The van der Waals surface area contributed by atoms with Crippen LogP contribution < -0.4 is 0 Å². The Kier molecular flexibility index (Phi) is 2.36. The average Bonchev–Trinajstić information content (AvgIpc) is 3.04. The first-order valence-electron chi connectivity index (χ1n) is 6.62. The van der Waals surface area contributed by atoms with E-state index in [1.54, 1.807) is 0 Å². The normalized spacial score (nSPS) is 11.4. The maximum Gasteiger partial charge on any atom is 0.142 e. The van der Waals surface area contributed by atoms with E-state index in [0.717, 1.165) is 28.6 Å². The highest BCUT2D eigenvalue weighted by molar-refractivity contribution is 6.01. The molecule has 0 radical (unpaired) electrons. The number of benzene rings is 1. The van der Waals surface area contributed by atoms with E-state index in [9.17, 15) is 0 Å². The van der Waals surface area contributed by atoms with E-state index in [-0.39, 0.29) is 0 Å². The van der Waals surface area contributed by atoms with Gasteiger partial charge >= 0.3 is 0 Å². The van der Waals surface area contributed by atoms with E-state index in [1.807, 2.05) is 30.2 Å². The van der Waals surface area contributed by atoms with Gasteiger partial charge < -0.3 is 9.13 Å². The summed E-state index contributed by atoms with van der Waals surface area (Å²) in [6.07, 6.45) is 5.77. The lowest BCUT2D eigenvalue weighted by Crippen LogP contribution is -1.99. The van der Waals surface area contributed by atoms with Crippen molar-refractivity contribution in [2.75, 3.05) is 0 Å². The summed E-state index contributed by atoms with van der Waals surface area (Å²) in [7, 11) is 2.02. The molecule has 4 nitrogen and oxygen atoms in total. The minimum atomic E-state index is 0.834. The van der Waals surface area contributed by atoms with Crippen molar-refractivity contribution in [3.63, 3.8) is 0 Å². The fourth-order valence-corrected chi connectivity index (χ4v) is 2.69. The second kappa shape index (κ2) is 4.20. The summed E-state index contributed by atoms with van der Waals surface area (Å²) in [5.74, 6) is 0. The van der Waals surface area contributed by atoms with Gasteiger partial charge in [-0.25, -0.2) is 9.97 Å². The third kappa shape index (κ3) is 1.61. The highest BCUT2D eigenvalue weighted by Crippen LogP contribution is 2.23. The fraction of sp³-hybridized carbons (Fsp3) is 0.125. The molecule has 0 amide bonds. The number of imidazole rings is 1.